The van der Waals surface area contributed by atoms with Gasteiger partial charge in [0.1, 0.15) is 10.6 Å². The molecule has 2 atom stereocenters. The number of esters is 1. The summed E-state index contributed by atoms with van der Waals surface area (Å²) < 4.78 is 16.2. The van der Waals surface area contributed by atoms with Crippen molar-refractivity contribution in [2.75, 3.05) is 24.9 Å². The van der Waals surface area contributed by atoms with Crippen LogP contribution in [-0.4, -0.2) is 49.9 Å². The molecule has 0 aliphatic rings. The van der Waals surface area contributed by atoms with Gasteiger partial charge in [-0.2, -0.15) is 0 Å². The molecule has 3 aromatic rings. The molecule has 41 heavy (non-hydrogen) atoms. The zero-order valence-electron chi connectivity index (χ0n) is 25.1. The molecule has 1 heterocycles. The lowest BCUT2D eigenvalue weighted by Crippen LogP contribution is -2.50. The Morgan fingerprint density at radius 3 is 2.05 bits per heavy atom. The highest BCUT2D eigenvalue weighted by atomic mass is 32.1. The van der Waals surface area contributed by atoms with Crippen molar-refractivity contribution in [1.82, 2.24) is 5.32 Å². The normalized spacial score (nSPS) is 12.7. The largest absolute Gasteiger partial charge is 0.497 e. The Hall–Kier alpha value is -3.89. The van der Waals surface area contributed by atoms with Crippen LogP contribution in [0.15, 0.2) is 42.5 Å². The molecule has 9 nitrogen and oxygen atoms in total. The van der Waals surface area contributed by atoms with Crippen molar-refractivity contribution in [2.24, 2.45) is 0 Å². The number of carbonyl (C=O) groups excluding carboxylic acids is 3. The average molecular weight is 582 g/mol. The van der Waals surface area contributed by atoms with Crippen LogP contribution in [0.2, 0.25) is 0 Å². The summed E-state index contributed by atoms with van der Waals surface area (Å²) >= 11 is 1.19. The Balaban J connectivity index is 1.96. The minimum absolute atomic E-state index is 0.222. The van der Waals surface area contributed by atoms with E-state index in [9.17, 15) is 14.4 Å². The lowest BCUT2D eigenvalue weighted by molar-refractivity contribution is -0.150. The number of amides is 3. The van der Waals surface area contributed by atoms with E-state index in [2.05, 4.69) is 16.0 Å². The molecule has 3 N–H and O–H groups in total. The third-order valence-corrected chi connectivity index (χ3v) is 7.41. The predicted molar refractivity (Wildman–Crippen MR) is 163 cm³/mol. The van der Waals surface area contributed by atoms with Crippen LogP contribution in [0.5, 0.6) is 5.75 Å². The molecular formula is C31H39N3O6S. The van der Waals surface area contributed by atoms with Gasteiger partial charge in [-0.1, -0.05) is 17.7 Å². The fourth-order valence-electron chi connectivity index (χ4n) is 4.52. The second kappa shape index (κ2) is 13.2. The smallest absolute Gasteiger partial charge is 0.331 e. The quantitative estimate of drug-likeness (QED) is 0.250. The summed E-state index contributed by atoms with van der Waals surface area (Å²) in [5, 5.41) is 8.50. The van der Waals surface area contributed by atoms with E-state index in [1.807, 2.05) is 77.9 Å². The van der Waals surface area contributed by atoms with E-state index >= 15 is 0 Å². The van der Waals surface area contributed by atoms with Crippen molar-refractivity contribution >= 4 is 40.6 Å². The molecule has 0 spiro atoms. The van der Waals surface area contributed by atoms with E-state index in [0.717, 1.165) is 27.1 Å². The summed E-state index contributed by atoms with van der Waals surface area (Å²) in [4.78, 5) is 40.4. The second-order valence-corrected chi connectivity index (χ2v) is 11.9. The lowest BCUT2D eigenvalue weighted by Gasteiger charge is -2.29. The van der Waals surface area contributed by atoms with E-state index in [-0.39, 0.29) is 4.88 Å². The number of nitrogens with one attached hydrogen (secondary N) is 3. The number of ether oxygens (including phenoxy) is 3. The molecule has 0 radical (unpaired) electrons. The van der Waals surface area contributed by atoms with Crippen LogP contribution in [0.3, 0.4) is 0 Å². The number of rotatable bonds is 9. The Morgan fingerprint density at radius 2 is 1.51 bits per heavy atom. The molecule has 2 aromatic carbocycles. The maximum atomic E-state index is 13.6. The van der Waals surface area contributed by atoms with Gasteiger partial charge in [0.2, 0.25) is 0 Å². The third kappa shape index (κ3) is 8.31. The molecule has 0 aliphatic heterocycles. The van der Waals surface area contributed by atoms with Gasteiger partial charge in [-0.3, -0.25) is 4.79 Å². The van der Waals surface area contributed by atoms with Gasteiger partial charge < -0.3 is 30.2 Å². The fourth-order valence-corrected chi connectivity index (χ4v) is 5.54. The summed E-state index contributed by atoms with van der Waals surface area (Å²) in [5.41, 5.74) is 4.21. The number of benzene rings is 2. The van der Waals surface area contributed by atoms with E-state index in [0.29, 0.717) is 17.1 Å². The van der Waals surface area contributed by atoms with Gasteiger partial charge in [0.25, 0.3) is 5.91 Å². The van der Waals surface area contributed by atoms with Crippen LogP contribution in [0, 0.1) is 20.8 Å². The predicted octanol–water partition coefficient (Wildman–Crippen LogP) is 6.47. The molecule has 0 fully saturated rings. The molecule has 10 heteroatoms. The first-order chi connectivity index (χ1) is 19.2. The number of methoxy groups -OCH3 is 2. The highest BCUT2D eigenvalue weighted by Crippen LogP contribution is 2.36. The zero-order valence-corrected chi connectivity index (χ0v) is 25.9. The Morgan fingerprint density at radius 1 is 0.902 bits per heavy atom. The van der Waals surface area contributed by atoms with Gasteiger partial charge in [-0.15, -0.1) is 11.3 Å². The number of hydrogen-bond donors (Lipinski definition) is 3. The highest BCUT2D eigenvalue weighted by Gasteiger charge is 2.33. The SMILES string of the molecule is COC(=O)[C@@H](NC(=O)c1sc(-c2ccc(OC)cc2)cc1NC(=O)Nc1c(C)cc(C)cc1C)[C@@H](C)OC(C)(C)C. The number of urea groups is 1. The monoisotopic (exact) mass is 581 g/mol. The van der Waals surface area contributed by atoms with Gasteiger partial charge in [0.05, 0.1) is 31.6 Å². The van der Waals surface area contributed by atoms with Crippen LogP contribution in [0.4, 0.5) is 16.2 Å². The maximum Gasteiger partial charge on any atom is 0.331 e. The Labute approximate surface area is 245 Å². The number of hydrogen-bond acceptors (Lipinski definition) is 7. The lowest BCUT2D eigenvalue weighted by atomic mass is 10.1. The Bertz CT molecular complexity index is 1390. The van der Waals surface area contributed by atoms with Gasteiger partial charge in [-0.25, -0.2) is 9.59 Å². The van der Waals surface area contributed by atoms with Gasteiger partial charge in [0.15, 0.2) is 6.04 Å². The molecule has 1 aromatic heterocycles. The molecular weight excluding hydrogens is 542 g/mol. The van der Waals surface area contributed by atoms with Gasteiger partial charge in [0, 0.05) is 10.6 Å². The molecule has 3 amide bonds. The standard InChI is InChI=1S/C31H39N3O6S/c1-17-14-18(2)25(19(3)15-17)34-30(37)32-23-16-24(21-10-12-22(38-8)13-11-21)41-27(23)28(35)33-26(29(36)39-9)20(4)40-31(5,6)7/h10-16,20,26H,1-9H3,(H,33,35)(H2,32,34,37)/t20-,26+/m1/s1. The number of carbonyl (C=O) groups is 3. The zero-order chi connectivity index (χ0) is 30.5. The first-order valence-corrected chi connectivity index (χ1v) is 14.0. The van der Waals surface area contributed by atoms with Crippen molar-refractivity contribution < 1.29 is 28.6 Å². The van der Waals surface area contributed by atoms with Gasteiger partial charge in [-0.05, 0) is 95.5 Å². The summed E-state index contributed by atoms with van der Waals surface area (Å²) in [6.45, 7) is 13.1. The molecule has 0 unspecified atom stereocenters. The molecule has 3 rings (SSSR count). The number of anilines is 2. The van der Waals surface area contributed by atoms with Crippen LogP contribution in [0.1, 0.15) is 54.1 Å². The summed E-state index contributed by atoms with van der Waals surface area (Å²) in [6.07, 6.45) is -0.681. The minimum atomic E-state index is -1.07. The summed E-state index contributed by atoms with van der Waals surface area (Å²) in [7, 11) is 2.84. The van der Waals surface area contributed by atoms with Crippen molar-refractivity contribution in [3.05, 3.63) is 64.0 Å². The second-order valence-electron chi connectivity index (χ2n) is 10.8. The summed E-state index contributed by atoms with van der Waals surface area (Å²) in [5.74, 6) is -0.495. The summed E-state index contributed by atoms with van der Waals surface area (Å²) in [6, 6.07) is 11.5. The first kappa shape index (κ1) is 31.6. The molecule has 0 aliphatic carbocycles. The van der Waals surface area contributed by atoms with E-state index < -0.39 is 35.7 Å². The minimum Gasteiger partial charge on any atom is -0.497 e. The van der Waals surface area contributed by atoms with Crippen LogP contribution in [-0.2, 0) is 14.3 Å². The van der Waals surface area contributed by atoms with Crippen molar-refractivity contribution in [3.63, 3.8) is 0 Å². The topological polar surface area (TPSA) is 115 Å². The van der Waals surface area contributed by atoms with Crippen molar-refractivity contribution in [1.29, 1.82) is 0 Å². The Kier molecular flexibility index (Phi) is 10.2. The van der Waals surface area contributed by atoms with Gasteiger partial charge >= 0.3 is 12.0 Å². The average Bonchev–Trinajstić information content (AvgIpc) is 3.31. The molecule has 0 saturated carbocycles. The third-order valence-electron chi connectivity index (χ3n) is 6.23. The number of thiophene rings is 1. The van der Waals surface area contributed by atoms with Crippen molar-refractivity contribution in [3.8, 4) is 16.2 Å². The van der Waals surface area contributed by atoms with E-state index in [1.165, 1.54) is 18.4 Å². The first-order valence-electron chi connectivity index (χ1n) is 13.2. The molecule has 220 valence electrons. The highest BCUT2D eigenvalue weighted by molar-refractivity contribution is 7.18. The number of aryl methyl sites for hydroxylation is 3. The van der Waals surface area contributed by atoms with Crippen LogP contribution in [0.25, 0.3) is 10.4 Å². The molecule has 0 saturated heterocycles. The fraction of sp³-hybridized carbons (Fsp3) is 0.387. The van der Waals surface area contributed by atoms with Crippen LogP contribution < -0.4 is 20.7 Å². The van der Waals surface area contributed by atoms with E-state index in [4.69, 9.17) is 14.2 Å². The van der Waals surface area contributed by atoms with Crippen LogP contribution >= 0.6 is 11.3 Å². The van der Waals surface area contributed by atoms with Crippen molar-refractivity contribution in [2.45, 2.75) is 66.2 Å². The maximum absolute atomic E-state index is 13.6. The molecule has 0 bridgehead atoms. The van der Waals surface area contributed by atoms with E-state index in [1.54, 1.807) is 20.1 Å².